The van der Waals surface area contributed by atoms with E-state index in [1.807, 2.05) is 24.3 Å². The number of thioether (sulfide) groups is 1. The second-order valence-electron chi connectivity index (χ2n) is 11.3. The van der Waals surface area contributed by atoms with E-state index >= 15 is 0 Å². The van der Waals surface area contributed by atoms with Crippen LogP contribution in [0.5, 0.6) is 0 Å². The molecule has 6 aromatic rings. The molecule has 0 bridgehead atoms. The van der Waals surface area contributed by atoms with E-state index in [1.165, 1.54) is 22.7 Å². The maximum atomic E-state index is 13.4. The minimum Gasteiger partial charge on any atom is -0.436 e. The topological polar surface area (TPSA) is 122 Å². The van der Waals surface area contributed by atoms with E-state index in [2.05, 4.69) is 15.6 Å². The Balaban J connectivity index is 1.01. The van der Waals surface area contributed by atoms with Crippen LogP contribution in [0.3, 0.4) is 0 Å². The summed E-state index contributed by atoms with van der Waals surface area (Å²) in [6.45, 7) is 0. The molecule has 2 heterocycles. The number of para-hydroxylation sites is 2. The van der Waals surface area contributed by atoms with Crippen molar-refractivity contribution in [3.05, 3.63) is 149 Å². The molecule has 0 radical (unpaired) electrons. The Morgan fingerprint density at radius 3 is 2.28 bits per heavy atom. The largest absolute Gasteiger partial charge is 0.436 e. The van der Waals surface area contributed by atoms with Gasteiger partial charge in [0.15, 0.2) is 5.58 Å². The normalized spacial score (nSPS) is 14.6. The Labute approximate surface area is 296 Å². The minimum atomic E-state index is -0.613. The molecule has 11 heteroatoms. The van der Waals surface area contributed by atoms with Crippen LogP contribution in [-0.2, 0) is 14.4 Å². The van der Waals surface area contributed by atoms with Gasteiger partial charge in [0.05, 0.1) is 10.9 Å². The number of amides is 4. The maximum absolute atomic E-state index is 13.4. The van der Waals surface area contributed by atoms with E-state index in [0.717, 1.165) is 16.0 Å². The number of carbonyl (C=O) groups is 4. The zero-order valence-electron chi connectivity index (χ0n) is 26.2. The Morgan fingerprint density at radius 2 is 1.54 bits per heavy atom. The van der Waals surface area contributed by atoms with Gasteiger partial charge in [0.2, 0.25) is 17.7 Å². The van der Waals surface area contributed by atoms with Gasteiger partial charge in [-0.05, 0) is 90.5 Å². The number of hydrogen-bond acceptors (Lipinski definition) is 7. The summed E-state index contributed by atoms with van der Waals surface area (Å²) in [4.78, 5) is 59.2. The van der Waals surface area contributed by atoms with Gasteiger partial charge in [0.1, 0.15) is 11.2 Å². The number of nitrogens with one attached hydrogen (secondary N) is 2. The molecule has 2 N–H and O–H groups in total. The van der Waals surface area contributed by atoms with Crippen molar-refractivity contribution in [2.24, 2.45) is 0 Å². The lowest BCUT2D eigenvalue weighted by molar-refractivity contribution is -0.121. The lowest BCUT2D eigenvalue weighted by Crippen LogP contribution is -2.31. The fraction of sp³-hybridized carbons (Fsp3) is 0.0513. The van der Waals surface area contributed by atoms with E-state index < -0.39 is 17.1 Å². The molecule has 7 rings (SSSR count). The van der Waals surface area contributed by atoms with Gasteiger partial charge in [-0.3, -0.25) is 19.2 Å². The first kappa shape index (κ1) is 32.6. The fourth-order valence-electron chi connectivity index (χ4n) is 5.39. The van der Waals surface area contributed by atoms with Crippen LogP contribution in [0.1, 0.15) is 22.3 Å². The molecule has 50 heavy (non-hydrogen) atoms. The number of benzene rings is 5. The van der Waals surface area contributed by atoms with E-state index in [4.69, 9.17) is 16.0 Å². The Hall–Kier alpha value is -5.97. The number of aromatic nitrogens is 1. The quantitative estimate of drug-likeness (QED) is 0.116. The number of anilines is 2. The minimum absolute atomic E-state index is 0.00226. The van der Waals surface area contributed by atoms with Gasteiger partial charge in [0, 0.05) is 33.2 Å². The molecule has 1 aromatic heterocycles. The van der Waals surface area contributed by atoms with Crippen molar-refractivity contribution in [1.29, 1.82) is 0 Å². The average Bonchev–Trinajstić information content (AvgIpc) is 3.69. The van der Waals surface area contributed by atoms with Gasteiger partial charge in [-0.15, -0.1) is 11.8 Å². The number of halogens is 1. The van der Waals surface area contributed by atoms with Crippen LogP contribution in [-0.4, -0.2) is 33.9 Å². The molecule has 5 aromatic carbocycles. The summed E-state index contributed by atoms with van der Waals surface area (Å²) in [6, 6.07) is 36.9. The Morgan fingerprint density at radius 1 is 0.840 bits per heavy atom. The van der Waals surface area contributed by atoms with E-state index in [1.54, 1.807) is 103 Å². The lowest BCUT2D eigenvalue weighted by Gasteiger charge is -2.15. The second kappa shape index (κ2) is 14.3. The third-order valence-corrected chi connectivity index (χ3v) is 9.44. The first-order chi connectivity index (χ1) is 24.3. The lowest BCUT2D eigenvalue weighted by atomic mass is 10.1. The van der Waals surface area contributed by atoms with Gasteiger partial charge in [-0.1, -0.05) is 60.1 Å². The van der Waals surface area contributed by atoms with Crippen molar-refractivity contribution in [3.8, 4) is 11.5 Å². The van der Waals surface area contributed by atoms with Gasteiger partial charge < -0.3 is 15.1 Å². The summed E-state index contributed by atoms with van der Waals surface area (Å²) >= 11 is 7.61. The molecule has 246 valence electrons. The standard InChI is InChI=1S/C39H27ClN4O5S/c40-30-11-5-4-10-26(30)22-32(42-36(46)24-8-2-1-3-9-24)37(47)41-27-16-20-29(21-17-27)50-34-23-35(45)44(39(34)48)28-18-14-25(15-19-28)38-43-31-12-6-7-13-33(31)49-38/h1-22,34H,23H2,(H,41,47)(H,42,46)/b32-22-. The molecule has 1 aliphatic heterocycles. The number of nitrogens with zero attached hydrogens (tertiary/aromatic N) is 2. The summed E-state index contributed by atoms with van der Waals surface area (Å²) in [6.07, 6.45) is 1.56. The average molecular weight is 699 g/mol. The summed E-state index contributed by atoms with van der Waals surface area (Å²) < 4.78 is 5.84. The Kier molecular flexibility index (Phi) is 9.28. The number of hydrogen-bond donors (Lipinski definition) is 2. The van der Waals surface area contributed by atoms with E-state index in [-0.39, 0.29) is 23.9 Å². The number of carbonyl (C=O) groups excluding carboxylic acids is 4. The zero-order chi connectivity index (χ0) is 34.6. The van der Waals surface area contributed by atoms with E-state index in [0.29, 0.717) is 39.0 Å². The summed E-state index contributed by atoms with van der Waals surface area (Å²) in [7, 11) is 0. The molecular weight excluding hydrogens is 672 g/mol. The monoisotopic (exact) mass is 698 g/mol. The molecular formula is C39H27ClN4O5S. The molecule has 1 atom stereocenters. The van der Waals surface area contributed by atoms with Gasteiger partial charge in [-0.25, -0.2) is 9.88 Å². The number of imide groups is 1. The summed E-state index contributed by atoms with van der Waals surface area (Å²) in [5.41, 5.74) is 4.04. The highest BCUT2D eigenvalue weighted by molar-refractivity contribution is 8.00. The molecule has 1 unspecified atom stereocenters. The van der Waals surface area contributed by atoms with Crippen molar-refractivity contribution in [2.45, 2.75) is 16.6 Å². The van der Waals surface area contributed by atoms with Crippen molar-refractivity contribution in [2.75, 3.05) is 10.2 Å². The Bertz CT molecular complexity index is 2240. The van der Waals surface area contributed by atoms with Crippen LogP contribution in [0, 0.1) is 0 Å². The first-order valence-corrected chi connectivity index (χ1v) is 16.8. The molecule has 1 aliphatic rings. The zero-order valence-corrected chi connectivity index (χ0v) is 27.8. The molecule has 9 nitrogen and oxygen atoms in total. The predicted octanol–water partition coefficient (Wildman–Crippen LogP) is 7.98. The van der Waals surface area contributed by atoms with Crippen LogP contribution in [0.25, 0.3) is 28.6 Å². The highest BCUT2D eigenvalue weighted by Gasteiger charge is 2.40. The summed E-state index contributed by atoms with van der Waals surface area (Å²) in [5, 5.41) is 5.32. The third kappa shape index (κ3) is 7.07. The van der Waals surface area contributed by atoms with Crippen LogP contribution in [0.4, 0.5) is 11.4 Å². The third-order valence-electron chi connectivity index (χ3n) is 7.90. The first-order valence-electron chi connectivity index (χ1n) is 15.6. The SMILES string of the molecule is O=C(Nc1ccc(SC2CC(=O)N(c3ccc(-c4nc5ccccc5o4)cc3)C2=O)cc1)/C(=C/c1ccccc1Cl)NC(=O)c1ccccc1. The van der Waals surface area contributed by atoms with Gasteiger partial charge >= 0.3 is 0 Å². The van der Waals surface area contributed by atoms with Crippen molar-refractivity contribution < 1.29 is 23.6 Å². The van der Waals surface area contributed by atoms with Crippen LogP contribution in [0.2, 0.25) is 5.02 Å². The van der Waals surface area contributed by atoms with Gasteiger partial charge in [-0.2, -0.15) is 0 Å². The van der Waals surface area contributed by atoms with Crippen LogP contribution < -0.4 is 15.5 Å². The molecule has 0 saturated carbocycles. The summed E-state index contributed by atoms with van der Waals surface area (Å²) in [5.74, 6) is -1.15. The molecule has 1 fully saturated rings. The number of oxazole rings is 1. The van der Waals surface area contributed by atoms with Crippen molar-refractivity contribution in [3.63, 3.8) is 0 Å². The molecule has 1 saturated heterocycles. The maximum Gasteiger partial charge on any atom is 0.272 e. The number of fused-ring (bicyclic) bond motifs is 1. The van der Waals surface area contributed by atoms with Crippen LogP contribution in [0.15, 0.2) is 142 Å². The van der Waals surface area contributed by atoms with Crippen LogP contribution >= 0.6 is 23.4 Å². The highest BCUT2D eigenvalue weighted by Crippen LogP contribution is 2.35. The molecule has 0 aliphatic carbocycles. The smallest absolute Gasteiger partial charge is 0.272 e. The molecule has 4 amide bonds. The predicted molar refractivity (Wildman–Crippen MR) is 195 cm³/mol. The van der Waals surface area contributed by atoms with E-state index in [9.17, 15) is 19.2 Å². The molecule has 0 spiro atoms. The second-order valence-corrected chi connectivity index (χ2v) is 13.0. The van der Waals surface area contributed by atoms with Crippen molar-refractivity contribution in [1.82, 2.24) is 10.3 Å². The fourth-order valence-corrected chi connectivity index (χ4v) is 6.63. The van der Waals surface area contributed by atoms with Gasteiger partial charge in [0.25, 0.3) is 11.8 Å². The van der Waals surface area contributed by atoms with Crippen molar-refractivity contribution >= 4 is 75.5 Å². The number of rotatable bonds is 9. The highest BCUT2D eigenvalue weighted by atomic mass is 35.5.